The van der Waals surface area contributed by atoms with Crippen LogP contribution in [-0.4, -0.2) is 27.3 Å². The molecule has 2 rings (SSSR count). The third-order valence-electron chi connectivity index (χ3n) is 2.76. The molecule has 0 radical (unpaired) electrons. The molecule has 0 aliphatic rings. The Morgan fingerprint density at radius 1 is 1.38 bits per heavy atom. The van der Waals surface area contributed by atoms with Crippen molar-refractivity contribution in [1.29, 1.82) is 0 Å². The molecule has 7 heteroatoms. The first-order valence-electron chi connectivity index (χ1n) is 6.74. The lowest BCUT2D eigenvalue weighted by Gasteiger charge is -2.13. The lowest BCUT2D eigenvalue weighted by atomic mass is 10.2. The second kappa shape index (κ2) is 7.64. The van der Waals surface area contributed by atoms with Crippen molar-refractivity contribution >= 4 is 23.2 Å². The van der Waals surface area contributed by atoms with Crippen molar-refractivity contribution in [3.8, 4) is 5.75 Å². The number of ether oxygens (including phenoxy) is 1. The molecule has 2 aromatic rings. The molecule has 112 valence electrons. The highest BCUT2D eigenvalue weighted by Crippen LogP contribution is 2.33. The Balaban J connectivity index is 1.97. The van der Waals surface area contributed by atoms with Gasteiger partial charge in [0.2, 0.25) is 5.91 Å². The number of benzene rings is 1. The van der Waals surface area contributed by atoms with Gasteiger partial charge in [-0.15, -0.1) is 10.2 Å². The number of amides is 1. The topological polar surface area (TPSA) is 69.0 Å². The second-order valence-corrected chi connectivity index (χ2v) is 4.87. The molecule has 0 aliphatic carbocycles. The highest BCUT2D eigenvalue weighted by Gasteiger charge is 2.11. The first-order valence-corrected chi connectivity index (χ1v) is 7.12. The van der Waals surface area contributed by atoms with Crippen molar-refractivity contribution in [3.05, 3.63) is 35.9 Å². The van der Waals surface area contributed by atoms with E-state index in [0.717, 1.165) is 6.42 Å². The van der Waals surface area contributed by atoms with Crippen LogP contribution in [0.25, 0.3) is 0 Å². The normalized spacial score (nSPS) is 10.4. The summed E-state index contributed by atoms with van der Waals surface area (Å²) in [6.45, 7) is 3.08. The number of nitrogens with one attached hydrogen (secondary N) is 1. The summed E-state index contributed by atoms with van der Waals surface area (Å²) < 4.78 is 7.34. The maximum atomic E-state index is 12.0. The van der Waals surface area contributed by atoms with Crippen molar-refractivity contribution < 1.29 is 9.53 Å². The van der Waals surface area contributed by atoms with Crippen molar-refractivity contribution in [2.75, 3.05) is 11.9 Å². The van der Waals surface area contributed by atoms with Crippen molar-refractivity contribution in [3.63, 3.8) is 0 Å². The molecule has 1 aromatic carbocycles. The van der Waals surface area contributed by atoms with E-state index in [4.69, 9.17) is 16.3 Å². The minimum Gasteiger partial charge on any atom is -0.490 e. The maximum Gasteiger partial charge on any atom is 0.226 e. The highest BCUT2D eigenvalue weighted by molar-refractivity contribution is 6.32. The van der Waals surface area contributed by atoms with Gasteiger partial charge in [0, 0.05) is 13.0 Å². The van der Waals surface area contributed by atoms with E-state index in [0.29, 0.717) is 36.0 Å². The Bertz CT molecular complexity index is 587. The average molecular weight is 309 g/mol. The standard InChI is InChI=1S/C14H17ClN4O2/c1-2-8-21-14-11(15)4-3-5-12(14)18-13(20)6-7-19-9-16-17-10-19/h3-5,9-10H,2,6-8H2,1H3,(H,18,20). The van der Waals surface area contributed by atoms with Gasteiger partial charge < -0.3 is 14.6 Å². The van der Waals surface area contributed by atoms with E-state index in [-0.39, 0.29) is 5.91 Å². The van der Waals surface area contributed by atoms with Gasteiger partial charge in [0.05, 0.1) is 17.3 Å². The molecule has 1 amide bonds. The SMILES string of the molecule is CCCOc1c(Cl)cccc1NC(=O)CCn1cnnc1. The fraction of sp³-hybridized carbons (Fsp3) is 0.357. The number of aryl methyl sites for hydroxylation is 1. The molecule has 6 nitrogen and oxygen atoms in total. The van der Waals surface area contributed by atoms with Crippen LogP contribution in [0.5, 0.6) is 5.75 Å². The zero-order valence-corrected chi connectivity index (χ0v) is 12.5. The van der Waals surface area contributed by atoms with Crippen LogP contribution in [0.2, 0.25) is 5.02 Å². The molecule has 0 bridgehead atoms. The lowest BCUT2D eigenvalue weighted by molar-refractivity contribution is -0.116. The summed E-state index contributed by atoms with van der Waals surface area (Å²) >= 11 is 6.11. The predicted molar refractivity (Wildman–Crippen MR) is 80.5 cm³/mol. The van der Waals surface area contributed by atoms with Crippen LogP contribution < -0.4 is 10.1 Å². The summed E-state index contributed by atoms with van der Waals surface area (Å²) in [5.74, 6) is 0.394. The van der Waals surface area contributed by atoms with Crippen LogP contribution in [0.15, 0.2) is 30.9 Å². The van der Waals surface area contributed by atoms with E-state index < -0.39 is 0 Å². The van der Waals surface area contributed by atoms with Crippen LogP contribution in [-0.2, 0) is 11.3 Å². The predicted octanol–water partition coefficient (Wildman–Crippen LogP) is 2.75. The Labute approximate surface area is 128 Å². The molecule has 0 spiro atoms. The average Bonchev–Trinajstić information content (AvgIpc) is 2.98. The molecule has 0 saturated carbocycles. The van der Waals surface area contributed by atoms with E-state index in [2.05, 4.69) is 15.5 Å². The minimum atomic E-state index is -0.118. The van der Waals surface area contributed by atoms with Gasteiger partial charge in [0.1, 0.15) is 12.7 Å². The Kier molecular flexibility index (Phi) is 5.57. The quantitative estimate of drug-likeness (QED) is 0.854. The van der Waals surface area contributed by atoms with Crippen molar-refractivity contribution in [1.82, 2.24) is 14.8 Å². The number of para-hydroxylation sites is 1. The van der Waals surface area contributed by atoms with Gasteiger partial charge in [-0.05, 0) is 18.6 Å². The summed E-state index contributed by atoms with van der Waals surface area (Å²) in [5, 5.41) is 10.7. The van der Waals surface area contributed by atoms with Crippen molar-refractivity contribution in [2.24, 2.45) is 0 Å². The van der Waals surface area contributed by atoms with Gasteiger partial charge >= 0.3 is 0 Å². The summed E-state index contributed by atoms with van der Waals surface area (Å²) in [7, 11) is 0. The summed E-state index contributed by atoms with van der Waals surface area (Å²) in [6.07, 6.45) is 4.33. The van der Waals surface area contributed by atoms with Crippen LogP contribution in [0, 0.1) is 0 Å². The van der Waals surface area contributed by atoms with E-state index in [1.807, 2.05) is 6.92 Å². The summed E-state index contributed by atoms with van der Waals surface area (Å²) in [4.78, 5) is 12.0. The molecule has 0 fully saturated rings. The minimum absolute atomic E-state index is 0.118. The number of carbonyl (C=O) groups excluding carboxylic acids is 1. The van der Waals surface area contributed by atoms with Crippen molar-refractivity contribution in [2.45, 2.75) is 26.3 Å². The number of aromatic nitrogens is 3. The number of hydrogen-bond donors (Lipinski definition) is 1. The first kappa shape index (κ1) is 15.3. The Morgan fingerprint density at radius 2 is 2.14 bits per heavy atom. The van der Waals surface area contributed by atoms with Gasteiger partial charge in [-0.3, -0.25) is 4.79 Å². The number of carbonyl (C=O) groups is 1. The fourth-order valence-electron chi connectivity index (χ4n) is 1.74. The Morgan fingerprint density at radius 3 is 2.86 bits per heavy atom. The highest BCUT2D eigenvalue weighted by atomic mass is 35.5. The molecule has 1 N–H and O–H groups in total. The lowest BCUT2D eigenvalue weighted by Crippen LogP contribution is -2.15. The van der Waals surface area contributed by atoms with Gasteiger partial charge in [-0.1, -0.05) is 24.6 Å². The summed E-state index contributed by atoms with van der Waals surface area (Å²) in [5.41, 5.74) is 0.588. The second-order valence-electron chi connectivity index (χ2n) is 4.46. The largest absolute Gasteiger partial charge is 0.490 e. The number of anilines is 1. The maximum absolute atomic E-state index is 12.0. The van der Waals surface area contributed by atoms with E-state index in [1.54, 1.807) is 35.4 Å². The molecular formula is C14H17ClN4O2. The van der Waals surface area contributed by atoms with Gasteiger partial charge in [0.25, 0.3) is 0 Å². The van der Waals surface area contributed by atoms with E-state index in [1.165, 1.54) is 0 Å². The van der Waals surface area contributed by atoms with E-state index in [9.17, 15) is 4.79 Å². The third kappa shape index (κ3) is 4.46. The molecule has 0 unspecified atom stereocenters. The van der Waals surface area contributed by atoms with Gasteiger partial charge in [-0.2, -0.15) is 0 Å². The third-order valence-corrected chi connectivity index (χ3v) is 3.05. The molecule has 0 saturated heterocycles. The van der Waals surface area contributed by atoms with Gasteiger partial charge in [0.15, 0.2) is 5.75 Å². The Hall–Kier alpha value is -2.08. The van der Waals surface area contributed by atoms with Crippen LogP contribution in [0.3, 0.4) is 0 Å². The number of rotatable bonds is 7. The van der Waals surface area contributed by atoms with Crippen LogP contribution in [0.4, 0.5) is 5.69 Å². The van der Waals surface area contributed by atoms with Crippen LogP contribution >= 0.6 is 11.6 Å². The smallest absolute Gasteiger partial charge is 0.226 e. The molecular weight excluding hydrogens is 292 g/mol. The van der Waals surface area contributed by atoms with E-state index >= 15 is 0 Å². The monoisotopic (exact) mass is 308 g/mol. The first-order chi connectivity index (χ1) is 10.2. The van der Waals surface area contributed by atoms with Gasteiger partial charge in [-0.25, -0.2) is 0 Å². The zero-order valence-electron chi connectivity index (χ0n) is 11.8. The molecule has 1 heterocycles. The number of nitrogens with zero attached hydrogens (tertiary/aromatic N) is 3. The number of halogens is 1. The number of hydrogen-bond acceptors (Lipinski definition) is 4. The molecule has 0 aliphatic heterocycles. The molecule has 0 atom stereocenters. The van der Waals surface area contributed by atoms with Crippen LogP contribution in [0.1, 0.15) is 19.8 Å². The fourth-order valence-corrected chi connectivity index (χ4v) is 1.97. The molecule has 21 heavy (non-hydrogen) atoms. The molecule has 1 aromatic heterocycles. The zero-order chi connectivity index (χ0) is 15.1. The summed E-state index contributed by atoms with van der Waals surface area (Å²) in [6, 6.07) is 5.28.